The summed E-state index contributed by atoms with van der Waals surface area (Å²) in [5.74, 6) is 0. The average molecular weight is 296 g/mol. The summed E-state index contributed by atoms with van der Waals surface area (Å²) in [4.78, 5) is 0. The third-order valence-corrected chi connectivity index (χ3v) is 4.86. The maximum Gasteiger partial charge on any atom is 0.282 e. The molecule has 0 spiro atoms. The topological polar surface area (TPSA) is 44.0 Å². The molecule has 0 amide bonds. The molecule has 2 aromatic rings. The van der Waals surface area contributed by atoms with Gasteiger partial charge in [-0.1, -0.05) is 23.7 Å². The Morgan fingerprint density at radius 2 is 2.05 bits per heavy atom. The molecule has 0 aliphatic carbocycles. The van der Waals surface area contributed by atoms with Crippen LogP contribution in [0.1, 0.15) is 23.3 Å². The largest absolute Gasteiger partial charge is 0.618 e. The van der Waals surface area contributed by atoms with E-state index in [1.807, 2.05) is 25.1 Å². The first-order valence-corrected chi connectivity index (χ1v) is 7.44. The van der Waals surface area contributed by atoms with Crippen molar-refractivity contribution in [1.82, 2.24) is 0 Å². The molecule has 1 aromatic carbocycles. The van der Waals surface area contributed by atoms with Gasteiger partial charge >= 0.3 is 0 Å². The molecule has 0 aliphatic rings. The predicted octanol–water partition coefficient (Wildman–Crippen LogP) is 3.15. The van der Waals surface area contributed by atoms with Crippen LogP contribution in [0.2, 0.25) is 5.02 Å². The highest BCUT2D eigenvalue weighted by atomic mass is 35.5. The van der Waals surface area contributed by atoms with E-state index in [-0.39, 0.29) is 10.3 Å². The Morgan fingerprint density at radius 3 is 2.68 bits per heavy atom. The van der Waals surface area contributed by atoms with E-state index in [1.54, 1.807) is 25.1 Å². The van der Waals surface area contributed by atoms with Crippen molar-refractivity contribution in [2.24, 2.45) is 0 Å². The molecule has 100 valence electrons. The van der Waals surface area contributed by atoms with Crippen molar-refractivity contribution in [2.75, 3.05) is 0 Å². The fraction of sp³-hybridized carbons (Fsp3) is 0.214. The molecule has 0 saturated carbocycles. The van der Waals surface area contributed by atoms with Gasteiger partial charge < -0.3 is 5.21 Å². The Kier molecular flexibility index (Phi) is 4.22. The molecule has 1 heterocycles. The molecule has 2 rings (SSSR count). The summed E-state index contributed by atoms with van der Waals surface area (Å²) >= 11 is 6.18. The van der Waals surface area contributed by atoms with Crippen molar-refractivity contribution >= 4 is 22.4 Å². The van der Waals surface area contributed by atoms with Gasteiger partial charge in [0.15, 0.2) is 6.20 Å². The summed E-state index contributed by atoms with van der Waals surface area (Å²) in [6, 6.07) is 10.5. The lowest BCUT2D eigenvalue weighted by Crippen LogP contribution is -2.32. The Labute approximate surface area is 119 Å². The van der Waals surface area contributed by atoms with Crippen LogP contribution in [0, 0.1) is 12.1 Å². The summed E-state index contributed by atoms with van der Waals surface area (Å²) in [5.41, 5.74) is 1.83. The molecule has 0 radical (unpaired) electrons. The third kappa shape index (κ3) is 2.96. The van der Waals surface area contributed by atoms with E-state index in [1.165, 1.54) is 6.20 Å². The monoisotopic (exact) mass is 295 g/mol. The van der Waals surface area contributed by atoms with Crippen LogP contribution in [0.25, 0.3) is 0 Å². The van der Waals surface area contributed by atoms with Crippen molar-refractivity contribution in [3.8, 4) is 0 Å². The van der Waals surface area contributed by atoms with Crippen molar-refractivity contribution in [3.63, 3.8) is 0 Å². The predicted molar refractivity (Wildman–Crippen MR) is 76.4 cm³/mol. The van der Waals surface area contributed by atoms with Crippen LogP contribution >= 0.6 is 11.6 Å². The van der Waals surface area contributed by atoms with E-state index in [2.05, 4.69) is 0 Å². The second kappa shape index (κ2) is 5.72. The van der Waals surface area contributed by atoms with Gasteiger partial charge in [-0.25, -0.2) is 4.21 Å². The summed E-state index contributed by atoms with van der Waals surface area (Å²) in [6.07, 6.45) is 1.34. The SMILES string of the molecule is Cc1ccc(C(C)S(=O)c2cccc[n+]2[O-])c(Cl)c1. The number of aromatic nitrogens is 1. The van der Waals surface area contributed by atoms with E-state index < -0.39 is 10.8 Å². The molecular weight excluding hydrogens is 282 g/mol. The van der Waals surface area contributed by atoms with E-state index in [9.17, 15) is 9.42 Å². The van der Waals surface area contributed by atoms with Gasteiger partial charge in [0.2, 0.25) is 0 Å². The molecule has 2 atom stereocenters. The van der Waals surface area contributed by atoms with Gasteiger partial charge in [0.1, 0.15) is 10.8 Å². The molecule has 0 saturated heterocycles. The number of rotatable bonds is 3. The summed E-state index contributed by atoms with van der Waals surface area (Å²) < 4.78 is 13.1. The maximum absolute atomic E-state index is 12.4. The van der Waals surface area contributed by atoms with E-state index in [4.69, 9.17) is 11.6 Å². The standard InChI is InChI=1S/C14H14ClNO2S/c1-10-6-7-12(13(15)9-10)11(2)19(18)14-5-3-4-8-16(14)17/h3-9,11H,1-2H3. The van der Waals surface area contributed by atoms with E-state index >= 15 is 0 Å². The zero-order valence-corrected chi connectivity index (χ0v) is 12.2. The molecule has 0 bridgehead atoms. The van der Waals surface area contributed by atoms with Gasteiger partial charge in [0.05, 0.1) is 5.25 Å². The second-order valence-electron chi connectivity index (χ2n) is 4.33. The number of benzene rings is 1. The smallest absolute Gasteiger partial charge is 0.282 e. The lowest BCUT2D eigenvalue weighted by molar-refractivity contribution is -0.646. The highest BCUT2D eigenvalue weighted by Crippen LogP contribution is 2.29. The number of pyridine rings is 1. The van der Waals surface area contributed by atoms with Crippen LogP contribution in [0.3, 0.4) is 0 Å². The second-order valence-corrected chi connectivity index (χ2v) is 6.46. The quantitative estimate of drug-likeness (QED) is 0.645. The van der Waals surface area contributed by atoms with Crippen LogP contribution in [0.4, 0.5) is 0 Å². The third-order valence-electron chi connectivity index (χ3n) is 2.91. The molecule has 3 nitrogen and oxygen atoms in total. The molecule has 2 unspecified atom stereocenters. The molecule has 0 fully saturated rings. The van der Waals surface area contributed by atoms with Gasteiger partial charge in [-0.05, 0) is 37.1 Å². The van der Waals surface area contributed by atoms with E-state index in [0.717, 1.165) is 11.1 Å². The first kappa shape index (κ1) is 14.0. The first-order chi connectivity index (χ1) is 9.00. The van der Waals surface area contributed by atoms with Crippen molar-refractivity contribution in [2.45, 2.75) is 24.1 Å². The van der Waals surface area contributed by atoms with Crippen LogP contribution in [0.15, 0.2) is 47.6 Å². The number of hydrogen-bond acceptors (Lipinski definition) is 2. The van der Waals surface area contributed by atoms with Crippen LogP contribution in [0.5, 0.6) is 0 Å². The number of nitrogens with zero attached hydrogens (tertiary/aromatic N) is 1. The molecule has 0 aliphatic heterocycles. The molecule has 0 N–H and O–H groups in total. The van der Waals surface area contributed by atoms with Crippen LogP contribution in [-0.4, -0.2) is 4.21 Å². The molecule has 5 heteroatoms. The summed E-state index contributed by atoms with van der Waals surface area (Å²) in [7, 11) is -1.44. The van der Waals surface area contributed by atoms with Crippen molar-refractivity contribution in [3.05, 3.63) is 64.0 Å². The van der Waals surface area contributed by atoms with Crippen molar-refractivity contribution in [1.29, 1.82) is 0 Å². The minimum absolute atomic E-state index is 0.242. The Bertz CT molecular complexity index is 631. The zero-order chi connectivity index (χ0) is 14.0. The lowest BCUT2D eigenvalue weighted by atomic mass is 10.1. The number of hydrogen-bond donors (Lipinski definition) is 0. The van der Waals surface area contributed by atoms with Gasteiger partial charge in [-0.2, -0.15) is 4.73 Å². The van der Waals surface area contributed by atoms with Crippen molar-refractivity contribution < 1.29 is 8.94 Å². The molecule has 19 heavy (non-hydrogen) atoms. The average Bonchev–Trinajstić information content (AvgIpc) is 2.38. The van der Waals surface area contributed by atoms with Crippen LogP contribution < -0.4 is 4.73 Å². The number of aryl methyl sites for hydroxylation is 1. The Balaban J connectivity index is 2.37. The Morgan fingerprint density at radius 1 is 1.32 bits per heavy atom. The Hall–Kier alpha value is -1.39. The van der Waals surface area contributed by atoms with Gasteiger partial charge in [0, 0.05) is 17.2 Å². The maximum atomic E-state index is 12.4. The minimum Gasteiger partial charge on any atom is -0.618 e. The first-order valence-electron chi connectivity index (χ1n) is 5.85. The van der Waals surface area contributed by atoms with Gasteiger partial charge in [0.25, 0.3) is 5.03 Å². The fourth-order valence-corrected chi connectivity index (χ4v) is 3.54. The van der Waals surface area contributed by atoms with E-state index in [0.29, 0.717) is 9.75 Å². The minimum atomic E-state index is -1.44. The number of halogens is 1. The zero-order valence-electron chi connectivity index (χ0n) is 10.7. The van der Waals surface area contributed by atoms with Gasteiger partial charge in [-0.3, -0.25) is 0 Å². The van der Waals surface area contributed by atoms with Gasteiger partial charge in [-0.15, -0.1) is 0 Å². The summed E-state index contributed by atoms with van der Waals surface area (Å²) in [5, 5.41) is 12.1. The van der Waals surface area contributed by atoms with Crippen LogP contribution in [-0.2, 0) is 10.8 Å². The normalized spacial score (nSPS) is 14.1. The molecule has 1 aromatic heterocycles. The summed E-state index contributed by atoms with van der Waals surface area (Å²) in [6.45, 7) is 3.75. The molecular formula is C14H14ClNO2S. The lowest BCUT2D eigenvalue weighted by Gasteiger charge is -2.13. The highest BCUT2D eigenvalue weighted by molar-refractivity contribution is 7.85. The fourth-order valence-electron chi connectivity index (χ4n) is 1.83. The highest BCUT2D eigenvalue weighted by Gasteiger charge is 2.23.